The minimum Gasteiger partial charge on any atom is -0.481 e. The highest BCUT2D eigenvalue weighted by Crippen LogP contribution is 2.60. The van der Waals surface area contributed by atoms with Crippen molar-refractivity contribution in [1.82, 2.24) is 20.9 Å². The van der Waals surface area contributed by atoms with E-state index in [1.165, 1.54) is 52.6 Å². The molecule has 3 amide bonds. The lowest BCUT2D eigenvalue weighted by Gasteiger charge is -2.55. The summed E-state index contributed by atoms with van der Waals surface area (Å²) < 4.78 is 0. The lowest BCUT2D eigenvalue weighted by Crippen LogP contribution is -2.59. The highest BCUT2D eigenvalue weighted by molar-refractivity contribution is 8.76. The number of fused-ring (bicyclic) bond motifs is 1. The van der Waals surface area contributed by atoms with Crippen LogP contribution in [0.25, 0.3) is 0 Å². The summed E-state index contributed by atoms with van der Waals surface area (Å²) in [4.78, 5) is 65.4. The van der Waals surface area contributed by atoms with Crippen LogP contribution in [0.15, 0.2) is 0 Å². The molecule has 0 aromatic rings. The van der Waals surface area contributed by atoms with E-state index in [0.717, 1.165) is 19.3 Å². The molecule has 0 radical (unpaired) electrons. The number of rotatable bonds is 5. The number of carbonyl (C=O) groups is 5. The number of carboxylic acid groups (broad SMARTS) is 2. The Labute approximate surface area is 239 Å². The van der Waals surface area contributed by atoms with E-state index in [2.05, 4.69) is 16.0 Å². The maximum atomic E-state index is 13.7. The molecule has 0 unspecified atom stereocenters. The van der Waals surface area contributed by atoms with E-state index in [9.17, 15) is 34.2 Å². The Hall–Kier alpha value is -1.64. The van der Waals surface area contributed by atoms with E-state index < -0.39 is 53.3 Å². The molecular weight excluding hydrogens is 564 g/mol. The first-order chi connectivity index (χ1) is 18.6. The van der Waals surface area contributed by atoms with Gasteiger partial charge < -0.3 is 26.2 Å². The van der Waals surface area contributed by atoms with Gasteiger partial charge in [0.25, 0.3) is 0 Å². The van der Waals surface area contributed by atoms with Crippen LogP contribution in [0.4, 0.5) is 0 Å². The largest absolute Gasteiger partial charge is 0.481 e. The maximum absolute atomic E-state index is 13.7. The Bertz CT molecular complexity index is 979. The lowest BCUT2D eigenvalue weighted by atomic mass is 9.49. The molecule has 0 spiro atoms. The first kappa shape index (κ1) is 28.9. The molecule has 6 aliphatic rings. The lowest BCUT2D eigenvalue weighted by molar-refractivity contribution is -0.148. The van der Waals surface area contributed by atoms with Gasteiger partial charge in [-0.1, -0.05) is 21.6 Å². The summed E-state index contributed by atoms with van der Waals surface area (Å²) in [6.07, 6.45) is 5.81. The number of carboxylic acids is 2. The summed E-state index contributed by atoms with van der Waals surface area (Å²) in [5.74, 6) is -0.291. The van der Waals surface area contributed by atoms with Crippen LogP contribution in [0.1, 0.15) is 44.9 Å². The van der Waals surface area contributed by atoms with Gasteiger partial charge in [-0.3, -0.25) is 24.1 Å². The first-order valence-corrected chi connectivity index (χ1v) is 17.2. The van der Waals surface area contributed by atoms with E-state index in [4.69, 9.17) is 0 Å². The summed E-state index contributed by atoms with van der Waals surface area (Å²) in [6, 6.07) is -3.39. The molecule has 4 bridgehead atoms. The van der Waals surface area contributed by atoms with Crippen LogP contribution in [0.3, 0.4) is 0 Å². The van der Waals surface area contributed by atoms with Crippen molar-refractivity contribution in [2.45, 2.75) is 69.1 Å². The predicted molar refractivity (Wildman–Crippen MR) is 149 cm³/mol. The molecule has 39 heavy (non-hydrogen) atoms. The van der Waals surface area contributed by atoms with E-state index in [1.807, 2.05) is 0 Å². The van der Waals surface area contributed by atoms with E-state index in [0.29, 0.717) is 29.4 Å². The van der Waals surface area contributed by atoms with Gasteiger partial charge in [0.05, 0.1) is 18.5 Å². The number of hydrogen-bond acceptors (Lipinski definition) is 9. The standard InChI is InChI=1S/C25H36N4O7S3/c30-20(31)4-16-8-29-12-37-11-19(29)22(33)27-18(23(34)35)10-39-38-9-17(21(32)26-16)28-24(36)25-5-13-1-14(6-25)3-15(2-13)7-25/h13-19H,1-12H2,(H,26,32)(H,27,33)(H,28,36)(H,30,31)(H,34,35)/t13?,14?,15?,16-,17-,18-,19-,25?/m0/s1. The summed E-state index contributed by atoms with van der Waals surface area (Å²) in [7, 11) is 2.49. The normalized spacial score (nSPS) is 39.2. The fraction of sp³-hybridized carbons (Fsp3) is 0.800. The van der Waals surface area contributed by atoms with Crippen LogP contribution in [-0.4, -0.2) is 98.6 Å². The van der Waals surface area contributed by atoms with Crippen LogP contribution in [-0.2, 0) is 24.0 Å². The van der Waals surface area contributed by atoms with Gasteiger partial charge in [0.2, 0.25) is 17.7 Å². The zero-order valence-corrected chi connectivity index (χ0v) is 24.1. The van der Waals surface area contributed by atoms with Gasteiger partial charge in [-0.05, 0) is 56.3 Å². The van der Waals surface area contributed by atoms with Crippen molar-refractivity contribution in [2.24, 2.45) is 23.2 Å². The quantitative estimate of drug-likeness (QED) is 0.286. The van der Waals surface area contributed by atoms with Crippen molar-refractivity contribution >= 4 is 63.0 Å². The molecule has 4 atom stereocenters. The molecule has 11 nitrogen and oxygen atoms in total. The molecule has 216 valence electrons. The zero-order chi connectivity index (χ0) is 27.7. The predicted octanol–water partition coefficient (Wildman–Crippen LogP) is 0.986. The van der Waals surface area contributed by atoms with Crippen molar-refractivity contribution in [3.63, 3.8) is 0 Å². The Morgan fingerprint density at radius 3 is 2.18 bits per heavy atom. The second-order valence-corrected chi connectivity index (χ2v) is 15.3. The van der Waals surface area contributed by atoms with E-state index >= 15 is 0 Å². The van der Waals surface area contributed by atoms with Crippen molar-refractivity contribution < 1.29 is 34.2 Å². The molecule has 4 aliphatic carbocycles. The van der Waals surface area contributed by atoms with Gasteiger partial charge in [0.1, 0.15) is 12.1 Å². The molecule has 6 rings (SSSR count). The van der Waals surface area contributed by atoms with Crippen molar-refractivity contribution in [2.75, 3.05) is 29.7 Å². The molecule has 2 aliphatic heterocycles. The monoisotopic (exact) mass is 600 g/mol. The Balaban J connectivity index is 1.34. The average molecular weight is 601 g/mol. The summed E-state index contributed by atoms with van der Waals surface area (Å²) in [6.45, 7) is 0.123. The highest BCUT2D eigenvalue weighted by atomic mass is 33.1. The molecule has 5 N–H and O–H groups in total. The van der Waals surface area contributed by atoms with Crippen molar-refractivity contribution in [1.29, 1.82) is 0 Å². The molecular formula is C25H36N4O7S3. The number of nitrogens with one attached hydrogen (secondary N) is 3. The number of thioether (sulfide) groups is 1. The second kappa shape index (κ2) is 12.1. The van der Waals surface area contributed by atoms with Crippen LogP contribution < -0.4 is 16.0 Å². The molecule has 2 heterocycles. The summed E-state index contributed by atoms with van der Waals surface area (Å²) >= 11 is 1.49. The van der Waals surface area contributed by atoms with Crippen LogP contribution >= 0.6 is 33.3 Å². The van der Waals surface area contributed by atoms with Crippen LogP contribution in [0.2, 0.25) is 0 Å². The van der Waals surface area contributed by atoms with Crippen molar-refractivity contribution in [3.8, 4) is 0 Å². The third-order valence-electron chi connectivity index (χ3n) is 8.81. The fourth-order valence-corrected chi connectivity index (χ4v) is 10.9. The minimum atomic E-state index is -1.14. The zero-order valence-electron chi connectivity index (χ0n) is 21.6. The van der Waals surface area contributed by atoms with Gasteiger partial charge in [-0.25, -0.2) is 4.79 Å². The molecule has 0 aromatic heterocycles. The second-order valence-electron chi connectivity index (χ2n) is 11.8. The number of nitrogens with zero attached hydrogens (tertiary/aromatic N) is 1. The van der Waals surface area contributed by atoms with E-state index in [1.54, 1.807) is 4.90 Å². The number of hydrogen-bond donors (Lipinski definition) is 5. The van der Waals surface area contributed by atoms with Crippen LogP contribution in [0, 0.1) is 23.2 Å². The van der Waals surface area contributed by atoms with Gasteiger partial charge in [0, 0.05) is 35.1 Å². The number of amides is 3. The molecule has 14 heteroatoms. The Kier molecular flexibility index (Phi) is 8.94. The van der Waals surface area contributed by atoms with Crippen LogP contribution in [0.5, 0.6) is 0 Å². The minimum absolute atomic E-state index is 0.0880. The van der Waals surface area contributed by atoms with Crippen molar-refractivity contribution in [3.05, 3.63) is 0 Å². The highest BCUT2D eigenvalue weighted by Gasteiger charge is 2.55. The molecule has 0 aromatic carbocycles. The third-order valence-corrected chi connectivity index (χ3v) is 12.3. The van der Waals surface area contributed by atoms with Gasteiger partial charge in [-0.15, -0.1) is 11.8 Å². The third kappa shape index (κ3) is 6.65. The Morgan fingerprint density at radius 2 is 1.56 bits per heavy atom. The molecule has 2 saturated heterocycles. The van der Waals surface area contributed by atoms with E-state index in [-0.39, 0.29) is 30.4 Å². The number of carbonyl (C=O) groups excluding carboxylic acids is 3. The average Bonchev–Trinajstić information content (AvgIpc) is 3.31. The Morgan fingerprint density at radius 1 is 0.923 bits per heavy atom. The molecule has 6 fully saturated rings. The summed E-state index contributed by atoms with van der Waals surface area (Å²) in [5.41, 5.74) is -0.439. The topological polar surface area (TPSA) is 165 Å². The van der Waals surface area contributed by atoms with Gasteiger partial charge in [-0.2, -0.15) is 0 Å². The summed E-state index contributed by atoms with van der Waals surface area (Å²) in [5, 5.41) is 27.7. The fourth-order valence-electron chi connectivity index (χ4n) is 7.41. The van der Waals surface area contributed by atoms with Gasteiger partial charge in [0.15, 0.2) is 0 Å². The first-order valence-electron chi connectivity index (χ1n) is 13.5. The maximum Gasteiger partial charge on any atom is 0.327 e. The molecule has 4 saturated carbocycles. The smallest absolute Gasteiger partial charge is 0.327 e. The SMILES string of the molecule is O=C(O)C[C@H]1CN2CSC[C@H]2C(=O)N[C@H](C(=O)O)CSSC[C@H](NC(=O)C23CC4CC(CC(C4)C2)C3)C(=O)N1. The van der Waals surface area contributed by atoms with Gasteiger partial charge >= 0.3 is 11.9 Å². The number of aliphatic carboxylic acids is 2.